The highest BCUT2D eigenvalue weighted by Crippen LogP contribution is 2.42. The minimum Gasteiger partial charge on any atom is -0.0660 e. The number of hydrogen-bond acceptors (Lipinski definition) is 0. The SMILES string of the molecule is CCC[Si](C)(C1=C(C)C(C)=C(C)C1C)c1ccccc1. The first kappa shape index (κ1) is 15.3. The summed E-state index contributed by atoms with van der Waals surface area (Å²) in [4.78, 5) is 0. The molecule has 2 unspecified atom stereocenters. The zero-order chi connectivity index (χ0) is 14.9. The normalized spacial score (nSPS) is 22.4. The molecule has 0 fully saturated rings. The Hall–Kier alpha value is -1.08. The van der Waals surface area contributed by atoms with Crippen LogP contribution in [0, 0.1) is 5.92 Å². The first-order valence-corrected chi connectivity index (χ1v) is 10.6. The van der Waals surface area contributed by atoms with Crippen LogP contribution in [0.25, 0.3) is 0 Å². The van der Waals surface area contributed by atoms with Crippen molar-refractivity contribution in [3.05, 3.63) is 52.2 Å². The molecule has 1 aromatic carbocycles. The van der Waals surface area contributed by atoms with Gasteiger partial charge in [0.15, 0.2) is 0 Å². The van der Waals surface area contributed by atoms with E-state index in [2.05, 4.69) is 71.5 Å². The maximum absolute atomic E-state index is 2.58. The van der Waals surface area contributed by atoms with Crippen molar-refractivity contribution < 1.29 is 0 Å². The molecule has 108 valence electrons. The van der Waals surface area contributed by atoms with E-state index >= 15 is 0 Å². The Labute approximate surface area is 125 Å². The Morgan fingerprint density at radius 3 is 2.05 bits per heavy atom. The molecule has 0 N–H and O–H groups in total. The standard InChI is InChI=1S/C19H28Si/c1-7-13-20(6,18-11-9-8-10-12-18)19-16(4)14(2)15(3)17(19)5/h8-12,16H,7,13H2,1-6H3. The van der Waals surface area contributed by atoms with Crippen molar-refractivity contribution in [2.45, 2.75) is 53.6 Å². The van der Waals surface area contributed by atoms with Crippen LogP contribution < -0.4 is 5.19 Å². The number of benzene rings is 1. The van der Waals surface area contributed by atoms with Gasteiger partial charge in [-0.1, -0.05) is 84.7 Å². The average Bonchev–Trinajstić information content (AvgIpc) is 2.64. The van der Waals surface area contributed by atoms with Crippen molar-refractivity contribution in [3.8, 4) is 0 Å². The summed E-state index contributed by atoms with van der Waals surface area (Å²) >= 11 is 0. The summed E-state index contributed by atoms with van der Waals surface area (Å²) in [7, 11) is -1.56. The van der Waals surface area contributed by atoms with E-state index < -0.39 is 8.07 Å². The van der Waals surface area contributed by atoms with Crippen molar-refractivity contribution in [2.24, 2.45) is 5.92 Å². The summed E-state index contributed by atoms with van der Waals surface area (Å²) in [5.74, 6) is 0.637. The molecule has 2 rings (SSSR count). The van der Waals surface area contributed by atoms with E-state index in [4.69, 9.17) is 0 Å². The van der Waals surface area contributed by atoms with Gasteiger partial charge in [0.05, 0.1) is 0 Å². The minimum absolute atomic E-state index is 0.637. The average molecular weight is 285 g/mol. The molecular weight excluding hydrogens is 256 g/mol. The molecule has 0 spiro atoms. The van der Waals surface area contributed by atoms with Crippen LogP contribution in [0.5, 0.6) is 0 Å². The van der Waals surface area contributed by atoms with Crippen LogP contribution in [0.1, 0.15) is 41.0 Å². The van der Waals surface area contributed by atoms with Gasteiger partial charge in [0.1, 0.15) is 8.07 Å². The van der Waals surface area contributed by atoms with Crippen molar-refractivity contribution in [1.29, 1.82) is 0 Å². The molecule has 1 aliphatic rings. The summed E-state index contributed by atoms with van der Waals surface area (Å²) in [5, 5.41) is 3.38. The smallest absolute Gasteiger partial charge is 0.0660 e. The van der Waals surface area contributed by atoms with Crippen LogP contribution in [0.3, 0.4) is 0 Å². The molecule has 0 radical (unpaired) electrons. The zero-order valence-corrected chi connectivity index (χ0v) is 14.9. The number of rotatable bonds is 4. The Morgan fingerprint density at radius 1 is 1.00 bits per heavy atom. The summed E-state index contributed by atoms with van der Waals surface area (Å²) in [6.07, 6.45) is 1.28. The summed E-state index contributed by atoms with van der Waals surface area (Å²) in [6, 6.07) is 12.6. The lowest BCUT2D eigenvalue weighted by Crippen LogP contribution is -2.48. The molecule has 1 aliphatic carbocycles. The summed E-state index contributed by atoms with van der Waals surface area (Å²) in [5.41, 5.74) is 4.71. The van der Waals surface area contributed by atoms with E-state index in [-0.39, 0.29) is 0 Å². The Bertz CT molecular complexity index is 550. The predicted octanol–water partition coefficient (Wildman–Crippen LogP) is 5.22. The number of hydrogen-bond donors (Lipinski definition) is 0. The maximum Gasteiger partial charge on any atom is 0.111 e. The van der Waals surface area contributed by atoms with Gasteiger partial charge < -0.3 is 0 Å². The van der Waals surface area contributed by atoms with Gasteiger partial charge >= 0.3 is 0 Å². The van der Waals surface area contributed by atoms with Crippen LogP contribution in [-0.2, 0) is 0 Å². The molecule has 0 aromatic heterocycles. The van der Waals surface area contributed by atoms with Gasteiger partial charge in [-0.2, -0.15) is 0 Å². The van der Waals surface area contributed by atoms with Gasteiger partial charge in [-0.25, -0.2) is 0 Å². The van der Waals surface area contributed by atoms with Gasteiger partial charge in [-0.15, -0.1) is 0 Å². The second-order valence-electron chi connectivity index (χ2n) is 6.52. The lowest BCUT2D eigenvalue weighted by Gasteiger charge is -2.34. The highest BCUT2D eigenvalue weighted by Gasteiger charge is 2.40. The molecule has 0 saturated heterocycles. The fourth-order valence-electron chi connectivity index (χ4n) is 4.00. The molecule has 0 amide bonds. The van der Waals surface area contributed by atoms with E-state index in [0.717, 1.165) is 0 Å². The van der Waals surface area contributed by atoms with Crippen LogP contribution in [-0.4, -0.2) is 8.07 Å². The molecule has 20 heavy (non-hydrogen) atoms. The third-order valence-corrected chi connectivity index (χ3v) is 10.5. The van der Waals surface area contributed by atoms with E-state index in [1.807, 2.05) is 0 Å². The molecule has 1 aromatic rings. The van der Waals surface area contributed by atoms with E-state index in [1.165, 1.54) is 12.5 Å². The molecule has 0 bridgehead atoms. The third-order valence-electron chi connectivity index (χ3n) is 5.40. The van der Waals surface area contributed by atoms with Crippen molar-refractivity contribution in [2.75, 3.05) is 0 Å². The highest BCUT2D eigenvalue weighted by molar-refractivity contribution is 6.97. The second-order valence-corrected chi connectivity index (χ2v) is 10.8. The molecule has 0 nitrogen and oxygen atoms in total. The monoisotopic (exact) mass is 284 g/mol. The molecular formula is C19H28Si. The van der Waals surface area contributed by atoms with Gasteiger partial charge in [0.25, 0.3) is 0 Å². The maximum atomic E-state index is 2.58. The lowest BCUT2D eigenvalue weighted by atomic mass is 10.1. The highest BCUT2D eigenvalue weighted by atomic mass is 28.3. The van der Waals surface area contributed by atoms with Crippen LogP contribution in [0.2, 0.25) is 12.6 Å². The van der Waals surface area contributed by atoms with Gasteiger partial charge in [0.2, 0.25) is 0 Å². The van der Waals surface area contributed by atoms with Crippen LogP contribution in [0.15, 0.2) is 52.2 Å². The minimum atomic E-state index is -1.56. The molecule has 0 saturated carbocycles. The number of allylic oxidation sites excluding steroid dienone is 4. The molecule has 2 atom stereocenters. The lowest BCUT2D eigenvalue weighted by molar-refractivity contribution is 0.843. The predicted molar refractivity (Wildman–Crippen MR) is 93.0 cm³/mol. The Morgan fingerprint density at radius 2 is 1.60 bits per heavy atom. The first-order valence-electron chi connectivity index (χ1n) is 7.88. The zero-order valence-electron chi connectivity index (χ0n) is 13.9. The van der Waals surface area contributed by atoms with E-state index in [0.29, 0.717) is 5.92 Å². The summed E-state index contributed by atoms with van der Waals surface area (Å²) in [6.45, 7) is 14.3. The Kier molecular flexibility index (Phi) is 4.39. The quantitative estimate of drug-likeness (QED) is 0.665. The molecule has 0 heterocycles. The van der Waals surface area contributed by atoms with E-state index in [9.17, 15) is 0 Å². The summed E-state index contributed by atoms with van der Waals surface area (Å²) < 4.78 is 0. The van der Waals surface area contributed by atoms with Crippen LogP contribution in [0.4, 0.5) is 0 Å². The van der Waals surface area contributed by atoms with Crippen molar-refractivity contribution >= 4 is 13.3 Å². The Balaban J connectivity index is 2.57. The van der Waals surface area contributed by atoms with Crippen molar-refractivity contribution in [1.82, 2.24) is 0 Å². The largest absolute Gasteiger partial charge is 0.111 e. The van der Waals surface area contributed by atoms with Gasteiger partial charge in [0, 0.05) is 0 Å². The van der Waals surface area contributed by atoms with Crippen molar-refractivity contribution in [3.63, 3.8) is 0 Å². The van der Waals surface area contributed by atoms with Crippen LogP contribution >= 0.6 is 0 Å². The van der Waals surface area contributed by atoms with Gasteiger partial charge in [-0.05, 0) is 32.3 Å². The van der Waals surface area contributed by atoms with Gasteiger partial charge in [-0.3, -0.25) is 0 Å². The topological polar surface area (TPSA) is 0 Å². The fourth-order valence-corrected chi connectivity index (χ4v) is 8.98. The third kappa shape index (κ3) is 2.33. The fraction of sp³-hybridized carbons (Fsp3) is 0.474. The molecule has 0 aliphatic heterocycles. The first-order chi connectivity index (χ1) is 9.43. The second kappa shape index (κ2) is 5.73. The molecule has 1 heteroatoms. The van der Waals surface area contributed by atoms with E-state index in [1.54, 1.807) is 27.1 Å².